The second-order valence-corrected chi connectivity index (χ2v) is 9.73. The van der Waals surface area contributed by atoms with E-state index in [0.29, 0.717) is 5.56 Å². The van der Waals surface area contributed by atoms with Crippen LogP contribution in [0.2, 0.25) is 10.0 Å². The van der Waals surface area contributed by atoms with Crippen molar-refractivity contribution in [2.24, 2.45) is 0 Å². The minimum atomic E-state index is -6.98. The fourth-order valence-electron chi connectivity index (χ4n) is 3.87. The maximum absolute atomic E-state index is 14.9. The number of hydrogen-bond acceptors (Lipinski definition) is 4. The lowest BCUT2D eigenvalue weighted by Gasteiger charge is -2.36. The van der Waals surface area contributed by atoms with Crippen molar-refractivity contribution >= 4 is 46.4 Å². The first-order chi connectivity index (χ1) is 20.2. The van der Waals surface area contributed by atoms with Gasteiger partial charge in [0.15, 0.2) is 0 Å². The van der Waals surface area contributed by atoms with Crippen molar-refractivity contribution in [1.29, 1.82) is 10.5 Å². The van der Waals surface area contributed by atoms with E-state index in [1.54, 1.807) is 6.07 Å². The Morgan fingerprint density at radius 1 is 0.750 bits per heavy atom. The first-order valence-corrected chi connectivity index (χ1v) is 12.3. The maximum Gasteiger partial charge on any atom is 0.457 e. The van der Waals surface area contributed by atoms with E-state index in [2.05, 4.69) is 5.32 Å². The van der Waals surface area contributed by atoms with Gasteiger partial charge in [-0.05, 0) is 55.0 Å². The van der Waals surface area contributed by atoms with Crippen LogP contribution in [0.5, 0.6) is 0 Å². The van der Waals surface area contributed by atoms with Crippen LogP contribution >= 0.6 is 23.2 Å². The molecule has 1 unspecified atom stereocenters. The van der Waals surface area contributed by atoms with E-state index in [-0.39, 0.29) is 40.1 Å². The summed E-state index contributed by atoms with van der Waals surface area (Å²) in [5, 5.41) is 20.7. The lowest BCUT2D eigenvalue weighted by atomic mass is 9.87. The Balaban J connectivity index is 1.99. The summed E-state index contributed by atoms with van der Waals surface area (Å²) in [6, 6.07) is 10.7. The van der Waals surface area contributed by atoms with Crippen molar-refractivity contribution in [2.45, 2.75) is 30.9 Å². The zero-order valence-electron chi connectivity index (χ0n) is 21.5. The highest BCUT2D eigenvalue weighted by atomic mass is 35.5. The smallest absolute Gasteiger partial charge is 0.321 e. The van der Waals surface area contributed by atoms with Crippen molar-refractivity contribution in [3.8, 4) is 12.1 Å². The molecule has 2 N–H and O–H groups in total. The molecule has 0 bridgehead atoms. The summed E-state index contributed by atoms with van der Waals surface area (Å²) < 4.78 is 121. The van der Waals surface area contributed by atoms with Gasteiger partial charge in [-0.25, -0.2) is 4.39 Å². The Morgan fingerprint density at radius 2 is 1.32 bits per heavy atom. The first-order valence-electron chi connectivity index (χ1n) is 11.6. The van der Waals surface area contributed by atoms with Crippen LogP contribution in [0.25, 0.3) is 0 Å². The predicted octanol–water partition coefficient (Wildman–Crippen LogP) is 8.47. The van der Waals surface area contributed by atoms with Gasteiger partial charge in [0.25, 0.3) is 11.8 Å². The van der Waals surface area contributed by atoms with Gasteiger partial charge in [0, 0.05) is 16.7 Å². The molecule has 230 valence electrons. The van der Waals surface area contributed by atoms with Crippen molar-refractivity contribution in [3.63, 3.8) is 0 Å². The molecule has 0 radical (unpaired) electrons. The number of nitrogens with zero attached hydrogens (tertiary/aromatic N) is 2. The third-order valence-corrected chi connectivity index (χ3v) is 6.80. The predicted molar refractivity (Wildman–Crippen MR) is 139 cm³/mol. The van der Waals surface area contributed by atoms with Crippen molar-refractivity contribution in [2.75, 3.05) is 10.6 Å². The van der Waals surface area contributed by atoms with Gasteiger partial charge in [-0.3, -0.25) is 9.59 Å². The van der Waals surface area contributed by atoms with E-state index in [1.165, 1.54) is 25.1 Å². The molecule has 0 aliphatic heterocycles. The van der Waals surface area contributed by atoms with Gasteiger partial charge in [-0.15, -0.1) is 0 Å². The average molecular weight is 667 g/mol. The Labute approximate surface area is 251 Å². The zero-order chi connectivity index (χ0) is 33.4. The molecule has 2 amide bonds. The molecule has 3 rings (SSSR count). The SMILES string of the molecule is Cc1c(C#N)cccc1C(=O)Nc1cc(C(=O)Nc2c(Cl)cc(C(F)(C(F)(F)F)C(F)(F)C(F)(F)F)cc2Cl)ccc1C#N. The number of nitrogens with one attached hydrogen (secondary N) is 2. The van der Waals surface area contributed by atoms with Gasteiger partial charge < -0.3 is 10.6 Å². The van der Waals surface area contributed by atoms with Crippen molar-refractivity contribution < 1.29 is 49.1 Å². The molecule has 6 nitrogen and oxygen atoms in total. The molecule has 0 heterocycles. The number of carbonyl (C=O) groups is 2. The van der Waals surface area contributed by atoms with Gasteiger partial charge in [-0.1, -0.05) is 29.3 Å². The third-order valence-electron chi connectivity index (χ3n) is 6.21. The van der Waals surface area contributed by atoms with Gasteiger partial charge in [0.2, 0.25) is 0 Å². The molecule has 0 aliphatic carbocycles. The van der Waals surface area contributed by atoms with Crippen LogP contribution in [-0.2, 0) is 5.67 Å². The topological polar surface area (TPSA) is 106 Å². The number of alkyl halides is 9. The molecule has 0 fully saturated rings. The largest absolute Gasteiger partial charge is 0.457 e. The Hall–Kier alpha value is -4.47. The maximum atomic E-state index is 14.9. The molecule has 17 heteroatoms. The van der Waals surface area contributed by atoms with Crippen LogP contribution in [-0.4, -0.2) is 30.1 Å². The van der Waals surface area contributed by atoms with Crippen LogP contribution < -0.4 is 10.6 Å². The summed E-state index contributed by atoms with van der Waals surface area (Å²) in [7, 11) is 0. The minimum Gasteiger partial charge on any atom is -0.321 e. The van der Waals surface area contributed by atoms with Crippen LogP contribution in [0.15, 0.2) is 48.5 Å². The van der Waals surface area contributed by atoms with E-state index < -0.39 is 57.1 Å². The summed E-state index contributed by atoms with van der Waals surface area (Å²) in [6.45, 7) is 1.49. The number of amides is 2. The molecule has 0 aliphatic rings. The summed E-state index contributed by atoms with van der Waals surface area (Å²) in [4.78, 5) is 25.8. The minimum absolute atomic E-state index is 0.0559. The molecular weight excluding hydrogens is 654 g/mol. The monoisotopic (exact) mass is 666 g/mol. The Morgan fingerprint density at radius 3 is 1.82 bits per heavy atom. The molecule has 0 aromatic heterocycles. The van der Waals surface area contributed by atoms with Crippen LogP contribution in [0.1, 0.15) is 43.0 Å². The number of rotatable bonds is 6. The number of nitriles is 2. The Kier molecular flexibility index (Phi) is 9.20. The number of benzene rings is 3. The van der Waals surface area contributed by atoms with E-state index in [0.717, 1.165) is 18.2 Å². The lowest BCUT2D eigenvalue weighted by Crippen LogP contribution is -2.59. The van der Waals surface area contributed by atoms with Crippen LogP contribution in [0, 0.1) is 29.6 Å². The highest BCUT2D eigenvalue weighted by Gasteiger charge is 2.81. The van der Waals surface area contributed by atoms with E-state index in [1.807, 2.05) is 11.4 Å². The Bertz CT molecular complexity index is 1720. The molecule has 0 spiro atoms. The number of hydrogen-bond donors (Lipinski definition) is 2. The number of carbonyl (C=O) groups excluding carboxylic acids is 2. The van der Waals surface area contributed by atoms with Crippen LogP contribution in [0.3, 0.4) is 0 Å². The summed E-state index contributed by atoms with van der Waals surface area (Å²) >= 11 is 11.5. The van der Waals surface area contributed by atoms with Crippen LogP contribution in [0.4, 0.5) is 50.9 Å². The first kappa shape index (κ1) is 34.0. The molecule has 3 aromatic carbocycles. The molecule has 44 heavy (non-hydrogen) atoms. The normalized spacial score (nSPS) is 13.3. The molecule has 0 saturated heterocycles. The average Bonchev–Trinajstić information content (AvgIpc) is 2.92. The van der Waals surface area contributed by atoms with E-state index >= 15 is 0 Å². The lowest BCUT2D eigenvalue weighted by molar-refractivity contribution is -0.389. The highest BCUT2D eigenvalue weighted by molar-refractivity contribution is 6.40. The summed E-state index contributed by atoms with van der Waals surface area (Å²) in [5.74, 6) is -8.91. The highest BCUT2D eigenvalue weighted by Crippen LogP contribution is 2.59. The quantitative estimate of drug-likeness (QED) is 0.257. The van der Waals surface area contributed by atoms with Gasteiger partial charge in [0.05, 0.1) is 38.6 Å². The second-order valence-electron chi connectivity index (χ2n) is 8.91. The van der Waals surface area contributed by atoms with Gasteiger partial charge in [0.1, 0.15) is 6.07 Å². The molecule has 1 atom stereocenters. The molecular formula is C27H13Cl2F9N4O2. The van der Waals surface area contributed by atoms with E-state index in [4.69, 9.17) is 23.2 Å². The van der Waals surface area contributed by atoms with E-state index in [9.17, 15) is 59.6 Å². The van der Waals surface area contributed by atoms with Gasteiger partial charge in [-0.2, -0.15) is 45.6 Å². The molecule has 3 aromatic rings. The molecule has 0 saturated carbocycles. The van der Waals surface area contributed by atoms with Crippen molar-refractivity contribution in [1.82, 2.24) is 0 Å². The van der Waals surface area contributed by atoms with Crippen molar-refractivity contribution in [3.05, 3.63) is 92.0 Å². The fraction of sp³-hybridized carbons (Fsp3) is 0.185. The summed E-state index contributed by atoms with van der Waals surface area (Å²) in [5.41, 5.74) is -9.53. The second kappa shape index (κ2) is 11.9. The fourth-order valence-corrected chi connectivity index (χ4v) is 4.46. The van der Waals surface area contributed by atoms with Gasteiger partial charge >= 0.3 is 23.9 Å². The standard InChI is InChI=1S/C27H13Cl2F9N4O2/c1-12-14(10-39)3-2-4-17(12)23(44)41-20-7-13(5-6-15(20)11-40)22(43)42-21-18(28)8-16(9-19(21)29)24(30,26(33,34)35)25(31,32)27(36,37)38/h2-9H,1H3,(H,41,44)(H,42,43). The number of halogens is 11. The number of anilines is 2. The third kappa shape index (κ3) is 5.98. The summed E-state index contributed by atoms with van der Waals surface area (Å²) in [6.07, 6.45) is -13.8. The zero-order valence-corrected chi connectivity index (χ0v) is 23.0.